The molecule has 8 heteroatoms. The van der Waals surface area contributed by atoms with Gasteiger partial charge in [-0.3, -0.25) is 4.99 Å². The predicted octanol–water partition coefficient (Wildman–Crippen LogP) is 3.33. The number of hydrogen-bond acceptors (Lipinski definition) is 5. The van der Waals surface area contributed by atoms with E-state index in [0.717, 1.165) is 55.7 Å². The molecule has 1 fully saturated rings. The van der Waals surface area contributed by atoms with Crippen LogP contribution in [-0.4, -0.2) is 65.4 Å². The largest absolute Gasteiger partial charge is 0.497 e. The molecule has 2 N–H and O–H groups in total. The third-order valence-corrected chi connectivity index (χ3v) is 5.40. The van der Waals surface area contributed by atoms with Gasteiger partial charge in [0, 0.05) is 63.2 Å². The average Bonchev–Trinajstić information content (AvgIpc) is 3.24. The number of nitrogens with one attached hydrogen (secondary N) is 2. The van der Waals surface area contributed by atoms with E-state index in [0.29, 0.717) is 6.04 Å². The number of ether oxygens (including phenoxy) is 2. The summed E-state index contributed by atoms with van der Waals surface area (Å²) >= 11 is 0. The van der Waals surface area contributed by atoms with E-state index < -0.39 is 0 Å². The van der Waals surface area contributed by atoms with Crippen molar-refractivity contribution < 1.29 is 9.47 Å². The summed E-state index contributed by atoms with van der Waals surface area (Å²) in [7, 11) is 9.35. The van der Waals surface area contributed by atoms with Gasteiger partial charge in [-0.2, -0.15) is 0 Å². The van der Waals surface area contributed by atoms with Crippen molar-refractivity contribution in [3.05, 3.63) is 53.6 Å². The number of aliphatic imine (C=N–C) groups is 1. The summed E-state index contributed by atoms with van der Waals surface area (Å²) in [6, 6.07) is 15.0. The molecule has 32 heavy (non-hydrogen) atoms. The fourth-order valence-electron chi connectivity index (χ4n) is 3.86. The van der Waals surface area contributed by atoms with Crippen LogP contribution in [-0.2, 0) is 13.1 Å². The second-order valence-corrected chi connectivity index (χ2v) is 8.13. The van der Waals surface area contributed by atoms with E-state index in [4.69, 9.17) is 9.47 Å². The van der Waals surface area contributed by atoms with Gasteiger partial charge in [0.15, 0.2) is 5.96 Å². The van der Waals surface area contributed by atoms with Crippen LogP contribution in [0.1, 0.15) is 17.5 Å². The van der Waals surface area contributed by atoms with Gasteiger partial charge in [0.1, 0.15) is 11.5 Å². The lowest BCUT2D eigenvalue weighted by molar-refractivity contribution is 0.394. The molecule has 2 aromatic carbocycles. The predicted molar refractivity (Wildman–Crippen MR) is 143 cm³/mol. The Kier molecular flexibility index (Phi) is 10.4. The highest BCUT2D eigenvalue weighted by Crippen LogP contribution is 2.30. The SMILES string of the molecule is CN=C(NCc1cccc(CN(C)C)c1)NC1CCN(c2cc(OC)cc(OC)c2)C1.I. The van der Waals surface area contributed by atoms with Gasteiger partial charge in [-0.1, -0.05) is 24.3 Å². The second-order valence-electron chi connectivity index (χ2n) is 8.13. The molecule has 1 aliphatic rings. The number of hydrogen-bond donors (Lipinski definition) is 2. The Morgan fingerprint density at radius 3 is 2.41 bits per heavy atom. The van der Waals surface area contributed by atoms with Crippen molar-refractivity contribution in [1.29, 1.82) is 0 Å². The van der Waals surface area contributed by atoms with Crippen molar-refractivity contribution in [2.75, 3.05) is 53.4 Å². The van der Waals surface area contributed by atoms with Gasteiger partial charge < -0.3 is 29.9 Å². The molecule has 1 unspecified atom stereocenters. The van der Waals surface area contributed by atoms with Crippen LogP contribution in [0.2, 0.25) is 0 Å². The average molecular weight is 553 g/mol. The van der Waals surface area contributed by atoms with Crippen LogP contribution < -0.4 is 25.0 Å². The van der Waals surface area contributed by atoms with Crippen LogP contribution >= 0.6 is 24.0 Å². The molecule has 176 valence electrons. The van der Waals surface area contributed by atoms with Crippen molar-refractivity contribution in [2.24, 2.45) is 4.99 Å². The summed E-state index contributed by atoms with van der Waals surface area (Å²) < 4.78 is 10.8. The smallest absolute Gasteiger partial charge is 0.191 e. The minimum Gasteiger partial charge on any atom is -0.497 e. The highest BCUT2D eigenvalue weighted by molar-refractivity contribution is 14.0. The van der Waals surface area contributed by atoms with Gasteiger partial charge in [-0.25, -0.2) is 0 Å². The highest BCUT2D eigenvalue weighted by atomic mass is 127. The lowest BCUT2D eigenvalue weighted by atomic mass is 10.1. The molecule has 0 radical (unpaired) electrons. The van der Waals surface area contributed by atoms with Crippen LogP contribution in [0.15, 0.2) is 47.5 Å². The Labute approximate surface area is 209 Å². The van der Waals surface area contributed by atoms with Gasteiger partial charge in [0.25, 0.3) is 0 Å². The van der Waals surface area contributed by atoms with Crippen LogP contribution in [0, 0.1) is 0 Å². The topological polar surface area (TPSA) is 61.4 Å². The molecule has 0 aromatic heterocycles. The summed E-state index contributed by atoms with van der Waals surface area (Å²) in [5, 5.41) is 7.02. The number of benzene rings is 2. The lowest BCUT2D eigenvalue weighted by Gasteiger charge is -2.21. The van der Waals surface area contributed by atoms with Gasteiger partial charge in [-0.15, -0.1) is 24.0 Å². The Balaban J connectivity index is 0.00000363. The number of halogens is 1. The molecular formula is C24H36IN5O2. The standard InChI is InChI=1S/C24H35N5O2.HI/c1-25-24(26-15-18-7-6-8-19(11-18)16-28(2)3)27-20-9-10-29(17-20)21-12-22(30-4)14-23(13-21)31-5;/h6-8,11-14,20H,9-10,15-17H2,1-5H3,(H2,25,26,27);1H. The zero-order valence-electron chi connectivity index (χ0n) is 19.7. The molecule has 0 amide bonds. The Bertz CT molecular complexity index is 868. The number of guanidine groups is 1. The molecule has 1 atom stereocenters. The van der Waals surface area contributed by atoms with Crippen LogP contribution in [0.5, 0.6) is 11.5 Å². The molecular weight excluding hydrogens is 517 g/mol. The number of nitrogens with zero attached hydrogens (tertiary/aromatic N) is 3. The van der Waals surface area contributed by atoms with Crippen LogP contribution in [0.4, 0.5) is 5.69 Å². The Morgan fingerprint density at radius 2 is 1.78 bits per heavy atom. The quantitative estimate of drug-likeness (QED) is 0.297. The van der Waals surface area contributed by atoms with Crippen LogP contribution in [0.25, 0.3) is 0 Å². The first-order chi connectivity index (χ1) is 15.0. The maximum Gasteiger partial charge on any atom is 0.191 e. The van der Waals surface area contributed by atoms with Gasteiger partial charge >= 0.3 is 0 Å². The molecule has 3 rings (SSSR count). The third-order valence-electron chi connectivity index (χ3n) is 5.40. The van der Waals surface area contributed by atoms with Crippen LogP contribution in [0.3, 0.4) is 0 Å². The maximum absolute atomic E-state index is 5.42. The highest BCUT2D eigenvalue weighted by Gasteiger charge is 2.24. The zero-order valence-corrected chi connectivity index (χ0v) is 22.1. The lowest BCUT2D eigenvalue weighted by Crippen LogP contribution is -2.44. The molecule has 2 aromatic rings. The van der Waals surface area contributed by atoms with E-state index in [9.17, 15) is 0 Å². The number of methoxy groups -OCH3 is 2. The minimum absolute atomic E-state index is 0. The Morgan fingerprint density at radius 1 is 1.09 bits per heavy atom. The molecule has 0 aliphatic carbocycles. The van der Waals surface area contributed by atoms with Crippen molar-refractivity contribution in [3.8, 4) is 11.5 Å². The minimum atomic E-state index is 0. The summed E-state index contributed by atoms with van der Waals surface area (Å²) in [6.07, 6.45) is 1.04. The van der Waals surface area contributed by atoms with Gasteiger partial charge in [0.2, 0.25) is 0 Å². The second kappa shape index (κ2) is 12.7. The fraction of sp³-hybridized carbons (Fsp3) is 0.458. The van der Waals surface area contributed by atoms with Gasteiger partial charge in [0.05, 0.1) is 14.2 Å². The van der Waals surface area contributed by atoms with E-state index in [1.54, 1.807) is 14.2 Å². The summed E-state index contributed by atoms with van der Waals surface area (Å²) in [4.78, 5) is 8.94. The number of rotatable bonds is 8. The Hall–Kier alpha value is -2.20. The zero-order chi connectivity index (χ0) is 22.2. The van der Waals surface area contributed by atoms with E-state index in [1.807, 2.05) is 13.1 Å². The first-order valence-electron chi connectivity index (χ1n) is 10.7. The van der Waals surface area contributed by atoms with E-state index in [1.165, 1.54) is 11.1 Å². The molecule has 1 heterocycles. The van der Waals surface area contributed by atoms with Crippen molar-refractivity contribution in [1.82, 2.24) is 15.5 Å². The summed E-state index contributed by atoms with van der Waals surface area (Å²) in [5.41, 5.74) is 3.67. The third kappa shape index (κ3) is 7.44. The summed E-state index contributed by atoms with van der Waals surface area (Å²) in [5.74, 6) is 2.44. The molecule has 1 saturated heterocycles. The first-order valence-corrected chi connectivity index (χ1v) is 10.7. The number of anilines is 1. The van der Waals surface area contributed by atoms with Crippen molar-refractivity contribution in [3.63, 3.8) is 0 Å². The van der Waals surface area contributed by atoms with Crippen molar-refractivity contribution >= 4 is 35.6 Å². The van der Waals surface area contributed by atoms with Gasteiger partial charge in [-0.05, 0) is 31.6 Å². The maximum atomic E-state index is 5.42. The first kappa shape index (κ1) is 26.1. The monoisotopic (exact) mass is 553 g/mol. The fourth-order valence-corrected chi connectivity index (χ4v) is 3.86. The molecule has 0 saturated carbocycles. The van der Waals surface area contributed by atoms with E-state index in [-0.39, 0.29) is 24.0 Å². The molecule has 0 spiro atoms. The molecule has 1 aliphatic heterocycles. The summed E-state index contributed by atoms with van der Waals surface area (Å²) in [6.45, 7) is 3.55. The molecule has 0 bridgehead atoms. The van der Waals surface area contributed by atoms with Crippen molar-refractivity contribution in [2.45, 2.75) is 25.6 Å². The normalized spacial score (nSPS) is 16.0. The molecule has 7 nitrogen and oxygen atoms in total. The van der Waals surface area contributed by atoms with E-state index >= 15 is 0 Å². The van der Waals surface area contributed by atoms with E-state index in [2.05, 4.69) is 75.9 Å².